The van der Waals surface area contributed by atoms with Gasteiger partial charge >= 0.3 is 0 Å². The highest BCUT2D eigenvalue weighted by Crippen LogP contribution is 2.75. The summed E-state index contributed by atoms with van der Waals surface area (Å²) in [5, 5.41) is 0. The van der Waals surface area contributed by atoms with Crippen LogP contribution in [0.15, 0.2) is 47.8 Å². The standard InChI is InChI=1S/C29H36N4/c1-17(2)19-11-10-12-20(18(3)4)24(19)25-30-15-23-26(31-25)33-22-14-9-8-13-21(22)28(5)16-29(28,6)27(33)32(23)7/h8,10-13,15,17-18,27H,9,14,16H2,1-7H3. The predicted octanol–water partition coefficient (Wildman–Crippen LogP) is 7.01. The van der Waals surface area contributed by atoms with Crippen LogP contribution in [-0.4, -0.2) is 23.2 Å². The van der Waals surface area contributed by atoms with E-state index in [1.807, 2.05) is 0 Å². The summed E-state index contributed by atoms with van der Waals surface area (Å²) in [4.78, 5) is 15.4. The molecule has 3 atom stereocenters. The second-order valence-corrected chi connectivity index (χ2v) is 11.6. The molecule has 1 saturated carbocycles. The summed E-state index contributed by atoms with van der Waals surface area (Å²) in [7, 11) is 2.24. The Balaban J connectivity index is 1.57. The van der Waals surface area contributed by atoms with Gasteiger partial charge in [-0.15, -0.1) is 0 Å². The maximum atomic E-state index is 5.36. The lowest BCUT2D eigenvalue weighted by Crippen LogP contribution is -2.52. The van der Waals surface area contributed by atoms with Gasteiger partial charge in [0, 0.05) is 29.1 Å². The third kappa shape index (κ3) is 2.58. The van der Waals surface area contributed by atoms with Gasteiger partial charge in [-0.05, 0) is 47.8 Å². The third-order valence-corrected chi connectivity index (χ3v) is 9.02. The van der Waals surface area contributed by atoms with Crippen molar-refractivity contribution in [3.8, 4) is 11.4 Å². The predicted molar refractivity (Wildman–Crippen MR) is 137 cm³/mol. The van der Waals surface area contributed by atoms with Crippen molar-refractivity contribution in [2.45, 2.75) is 78.8 Å². The average Bonchev–Trinajstić information content (AvgIpc) is 3.26. The van der Waals surface area contributed by atoms with E-state index in [4.69, 9.17) is 9.97 Å². The molecule has 4 aliphatic rings. The van der Waals surface area contributed by atoms with Gasteiger partial charge in [0.1, 0.15) is 11.9 Å². The highest BCUT2D eigenvalue weighted by atomic mass is 15.5. The Morgan fingerprint density at radius 3 is 2.42 bits per heavy atom. The van der Waals surface area contributed by atoms with Crippen LogP contribution in [0.5, 0.6) is 0 Å². The second-order valence-electron chi connectivity index (χ2n) is 11.6. The summed E-state index contributed by atoms with van der Waals surface area (Å²) >= 11 is 0. The first kappa shape index (κ1) is 20.9. The molecular formula is C29H36N4. The van der Waals surface area contributed by atoms with Gasteiger partial charge < -0.3 is 9.80 Å². The normalized spacial score (nSPS) is 29.4. The molecule has 0 spiro atoms. The molecule has 1 fully saturated rings. The SMILES string of the molecule is CC(C)c1cccc(C(C)C)c1-c1ncc2c(n1)N1C3=C(C=CCC3)C3(C)CC3(C)C1N2C. The van der Waals surface area contributed by atoms with E-state index in [1.165, 1.54) is 28.8 Å². The van der Waals surface area contributed by atoms with Crippen LogP contribution in [0.25, 0.3) is 11.4 Å². The molecule has 2 aromatic rings. The number of allylic oxidation sites excluding steroid dienone is 4. The Bertz CT molecular complexity index is 1200. The number of rotatable bonds is 3. The minimum atomic E-state index is 0.224. The number of hydrogen-bond donors (Lipinski definition) is 0. The molecule has 4 heteroatoms. The van der Waals surface area contributed by atoms with Gasteiger partial charge in [-0.25, -0.2) is 9.97 Å². The van der Waals surface area contributed by atoms with Crippen molar-refractivity contribution in [3.63, 3.8) is 0 Å². The molecule has 1 aromatic heterocycles. The highest BCUT2D eigenvalue weighted by molar-refractivity contribution is 5.81. The molecule has 0 radical (unpaired) electrons. The van der Waals surface area contributed by atoms with Gasteiger partial charge in [0.05, 0.1) is 6.20 Å². The summed E-state index contributed by atoms with van der Waals surface area (Å²) in [6.07, 6.45) is 10.6. The Kier molecular flexibility index (Phi) is 4.26. The van der Waals surface area contributed by atoms with Crippen molar-refractivity contribution in [3.05, 3.63) is 58.9 Å². The zero-order valence-electron chi connectivity index (χ0n) is 21.1. The smallest absolute Gasteiger partial charge is 0.162 e. The van der Waals surface area contributed by atoms with Gasteiger partial charge in [-0.2, -0.15) is 0 Å². The molecule has 3 unspecified atom stereocenters. The fourth-order valence-electron chi connectivity index (χ4n) is 7.00. The average molecular weight is 441 g/mol. The Labute approximate surface area is 198 Å². The molecular weight excluding hydrogens is 404 g/mol. The van der Waals surface area contributed by atoms with E-state index in [0.717, 1.165) is 30.2 Å². The lowest BCUT2D eigenvalue weighted by atomic mass is 9.78. The van der Waals surface area contributed by atoms with Crippen molar-refractivity contribution in [1.29, 1.82) is 0 Å². The lowest BCUT2D eigenvalue weighted by molar-refractivity contribution is 0.328. The van der Waals surface area contributed by atoms with Gasteiger partial charge in [-0.1, -0.05) is 71.9 Å². The van der Waals surface area contributed by atoms with Crippen LogP contribution in [-0.2, 0) is 0 Å². The summed E-state index contributed by atoms with van der Waals surface area (Å²) in [5.74, 6) is 2.81. The van der Waals surface area contributed by atoms with E-state index in [0.29, 0.717) is 18.0 Å². The number of nitrogens with zero attached hydrogens (tertiary/aromatic N) is 4. The Hall–Kier alpha value is -2.62. The number of hydrogen-bond acceptors (Lipinski definition) is 4. The third-order valence-electron chi connectivity index (χ3n) is 9.02. The lowest BCUT2D eigenvalue weighted by Gasteiger charge is -2.45. The van der Waals surface area contributed by atoms with E-state index in [2.05, 4.69) is 94.9 Å². The fourth-order valence-corrected chi connectivity index (χ4v) is 7.00. The van der Waals surface area contributed by atoms with Gasteiger partial charge in [0.15, 0.2) is 11.6 Å². The van der Waals surface area contributed by atoms with Crippen LogP contribution in [0.3, 0.4) is 0 Å². The molecule has 0 amide bonds. The highest BCUT2D eigenvalue weighted by Gasteiger charge is 2.73. The van der Waals surface area contributed by atoms with E-state index in [9.17, 15) is 0 Å². The first-order chi connectivity index (χ1) is 15.7. The monoisotopic (exact) mass is 440 g/mol. The minimum absolute atomic E-state index is 0.224. The maximum absolute atomic E-state index is 5.36. The summed E-state index contributed by atoms with van der Waals surface area (Å²) in [6, 6.07) is 6.69. The Morgan fingerprint density at radius 1 is 1.06 bits per heavy atom. The molecule has 1 aromatic carbocycles. The van der Waals surface area contributed by atoms with Crippen molar-refractivity contribution in [1.82, 2.24) is 9.97 Å². The molecule has 172 valence electrons. The summed E-state index contributed by atoms with van der Waals surface area (Å²) in [5.41, 5.74) is 8.58. The van der Waals surface area contributed by atoms with Crippen molar-refractivity contribution in [2.75, 3.05) is 16.8 Å². The first-order valence-electron chi connectivity index (χ1n) is 12.6. The topological polar surface area (TPSA) is 32.3 Å². The zero-order chi connectivity index (χ0) is 23.3. The van der Waals surface area contributed by atoms with Gasteiger partial charge in [-0.3, -0.25) is 0 Å². The quantitative estimate of drug-likeness (QED) is 0.514. The molecule has 4 nitrogen and oxygen atoms in total. The largest absolute Gasteiger partial charge is 0.349 e. The molecule has 33 heavy (non-hydrogen) atoms. The van der Waals surface area contributed by atoms with Gasteiger partial charge in [0.2, 0.25) is 0 Å². The molecule has 0 N–H and O–H groups in total. The van der Waals surface area contributed by atoms with Crippen molar-refractivity contribution >= 4 is 11.5 Å². The number of benzene rings is 1. The minimum Gasteiger partial charge on any atom is -0.349 e. The first-order valence-corrected chi connectivity index (χ1v) is 12.6. The van der Waals surface area contributed by atoms with Gasteiger partial charge in [0.25, 0.3) is 0 Å². The van der Waals surface area contributed by atoms with E-state index in [1.54, 1.807) is 5.57 Å². The van der Waals surface area contributed by atoms with Crippen LogP contribution in [0.4, 0.5) is 11.5 Å². The van der Waals surface area contributed by atoms with Crippen LogP contribution in [0.1, 0.15) is 83.8 Å². The number of anilines is 2. The molecule has 6 rings (SSSR count). The van der Waals surface area contributed by atoms with Crippen molar-refractivity contribution in [2.24, 2.45) is 10.8 Å². The van der Waals surface area contributed by atoms with E-state index < -0.39 is 0 Å². The van der Waals surface area contributed by atoms with Crippen LogP contribution >= 0.6 is 0 Å². The fraction of sp³-hybridized carbons (Fsp3) is 0.517. The van der Waals surface area contributed by atoms with Crippen LogP contribution in [0, 0.1) is 10.8 Å². The molecule has 0 bridgehead atoms. The number of fused-ring (bicyclic) bond motifs is 7. The Morgan fingerprint density at radius 2 is 1.76 bits per heavy atom. The second kappa shape index (κ2) is 6.71. The zero-order valence-corrected chi connectivity index (χ0v) is 21.1. The van der Waals surface area contributed by atoms with E-state index in [-0.39, 0.29) is 10.8 Å². The molecule has 2 aliphatic carbocycles. The van der Waals surface area contributed by atoms with Crippen LogP contribution in [0.2, 0.25) is 0 Å². The van der Waals surface area contributed by atoms with Crippen LogP contribution < -0.4 is 9.80 Å². The molecule has 3 heterocycles. The molecule has 2 aliphatic heterocycles. The number of aromatic nitrogens is 2. The summed E-state index contributed by atoms with van der Waals surface area (Å²) < 4.78 is 0. The van der Waals surface area contributed by atoms with Crippen molar-refractivity contribution < 1.29 is 0 Å². The van der Waals surface area contributed by atoms with E-state index >= 15 is 0 Å². The maximum Gasteiger partial charge on any atom is 0.162 e. The molecule has 0 saturated heterocycles. The summed E-state index contributed by atoms with van der Waals surface area (Å²) in [6.45, 7) is 14.0.